The van der Waals surface area contributed by atoms with Crippen LogP contribution in [0, 0.1) is 0 Å². The minimum atomic E-state index is -0.216. The van der Waals surface area contributed by atoms with E-state index in [1.54, 1.807) is 6.26 Å². The summed E-state index contributed by atoms with van der Waals surface area (Å²) in [7, 11) is 0. The first-order valence-electron chi connectivity index (χ1n) is 4.03. The fourth-order valence-corrected chi connectivity index (χ4v) is 3.44. The molecular weight excluding hydrogens is 365 g/mol. The Hall–Kier alpha value is 0.190. The summed E-state index contributed by atoms with van der Waals surface area (Å²) < 4.78 is 7.39. The second-order valence-electron chi connectivity index (χ2n) is 2.90. The molecule has 1 atom stereocenters. The van der Waals surface area contributed by atoms with E-state index < -0.39 is 0 Å². The monoisotopic (exact) mass is 369 g/mol. The fraction of sp³-hybridized carbons (Fsp3) is 0.111. The minimum Gasteiger partial charge on any atom is -0.457 e. The van der Waals surface area contributed by atoms with E-state index in [0.29, 0.717) is 9.01 Å². The average Bonchev–Trinajstić information content (AvgIpc) is 2.74. The van der Waals surface area contributed by atoms with Crippen LogP contribution < -0.4 is 5.73 Å². The zero-order valence-electron chi connectivity index (χ0n) is 7.34. The van der Waals surface area contributed by atoms with Crippen molar-refractivity contribution in [2.45, 2.75) is 6.04 Å². The van der Waals surface area contributed by atoms with Crippen LogP contribution >= 0.6 is 54.8 Å². The number of hydrogen-bond donors (Lipinski definition) is 1. The van der Waals surface area contributed by atoms with Crippen LogP contribution in [0.2, 0.25) is 4.34 Å². The van der Waals surface area contributed by atoms with Crippen LogP contribution in [0.25, 0.3) is 0 Å². The molecule has 0 saturated heterocycles. The molecule has 0 amide bonds. The quantitative estimate of drug-likeness (QED) is 0.840. The molecule has 2 aromatic heterocycles. The summed E-state index contributed by atoms with van der Waals surface area (Å²) in [5.74, 6) is 0. The lowest BCUT2D eigenvalue weighted by molar-refractivity contribution is 0.535. The van der Waals surface area contributed by atoms with Gasteiger partial charge in [0.15, 0.2) is 4.67 Å². The molecule has 0 aromatic carbocycles. The van der Waals surface area contributed by atoms with Crippen molar-refractivity contribution in [3.8, 4) is 0 Å². The van der Waals surface area contributed by atoms with Crippen LogP contribution in [-0.2, 0) is 0 Å². The zero-order chi connectivity index (χ0) is 11.0. The normalized spacial score (nSPS) is 13.1. The second-order valence-corrected chi connectivity index (χ2v) is 6.16. The Bertz CT molecular complexity index is 463. The third kappa shape index (κ3) is 2.31. The number of rotatable bonds is 2. The fourth-order valence-electron chi connectivity index (χ4n) is 1.20. The molecule has 15 heavy (non-hydrogen) atoms. The summed E-state index contributed by atoms with van der Waals surface area (Å²) >= 11 is 14.1. The third-order valence-corrected chi connectivity index (χ3v) is 5.15. The van der Waals surface area contributed by atoms with Crippen molar-refractivity contribution < 1.29 is 4.42 Å². The average molecular weight is 371 g/mol. The summed E-state index contributed by atoms with van der Waals surface area (Å²) in [6.45, 7) is 0. The van der Waals surface area contributed by atoms with E-state index in [1.165, 1.54) is 11.3 Å². The van der Waals surface area contributed by atoms with Crippen molar-refractivity contribution in [2.24, 2.45) is 5.73 Å². The highest BCUT2D eigenvalue weighted by Gasteiger charge is 2.17. The Morgan fingerprint density at radius 1 is 1.47 bits per heavy atom. The van der Waals surface area contributed by atoms with Crippen LogP contribution in [0.5, 0.6) is 0 Å². The first-order valence-corrected chi connectivity index (χ1v) is 6.81. The number of nitrogens with two attached hydrogens (primary N) is 1. The molecule has 0 aliphatic carbocycles. The van der Waals surface area contributed by atoms with Gasteiger partial charge in [0.25, 0.3) is 0 Å². The topological polar surface area (TPSA) is 39.2 Å². The Balaban J connectivity index is 2.36. The molecule has 2 nitrogen and oxygen atoms in total. The zero-order valence-corrected chi connectivity index (χ0v) is 12.1. The predicted molar refractivity (Wildman–Crippen MR) is 69.5 cm³/mol. The first-order chi connectivity index (χ1) is 7.09. The molecule has 2 N–H and O–H groups in total. The highest BCUT2D eigenvalue weighted by Crippen LogP contribution is 2.38. The highest BCUT2D eigenvalue weighted by molar-refractivity contribution is 9.10. The van der Waals surface area contributed by atoms with E-state index in [1.807, 2.05) is 12.1 Å². The van der Waals surface area contributed by atoms with Gasteiger partial charge < -0.3 is 10.2 Å². The molecule has 0 saturated carbocycles. The van der Waals surface area contributed by atoms with Crippen LogP contribution in [0.1, 0.15) is 16.5 Å². The first kappa shape index (κ1) is 11.7. The maximum atomic E-state index is 6.08. The smallest absolute Gasteiger partial charge is 0.174 e. The summed E-state index contributed by atoms with van der Waals surface area (Å²) in [5.41, 5.74) is 7.00. The molecule has 0 aliphatic rings. The number of hydrogen-bond acceptors (Lipinski definition) is 3. The molecule has 6 heteroatoms. The number of halogens is 3. The second kappa shape index (κ2) is 4.59. The van der Waals surface area contributed by atoms with E-state index in [9.17, 15) is 0 Å². The Labute approximate surface area is 113 Å². The third-order valence-electron chi connectivity index (χ3n) is 1.95. The molecule has 2 rings (SSSR count). The van der Waals surface area contributed by atoms with Gasteiger partial charge in [0, 0.05) is 14.9 Å². The lowest BCUT2D eigenvalue weighted by Crippen LogP contribution is -2.09. The molecule has 80 valence electrons. The van der Waals surface area contributed by atoms with Gasteiger partial charge in [-0.25, -0.2) is 0 Å². The molecule has 0 bridgehead atoms. The van der Waals surface area contributed by atoms with Gasteiger partial charge >= 0.3 is 0 Å². The Morgan fingerprint density at radius 2 is 2.20 bits per heavy atom. The summed E-state index contributed by atoms with van der Waals surface area (Å²) in [5, 5.41) is 0. The molecule has 0 radical (unpaired) electrons. The maximum absolute atomic E-state index is 6.08. The minimum absolute atomic E-state index is 0.216. The van der Waals surface area contributed by atoms with Crippen LogP contribution in [0.3, 0.4) is 0 Å². The van der Waals surface area contributed by atoms with E-state index in [4.69, 9.17) is 21.8 Å². The molecular formula is C9H6Br2ClNOS. The van der Waals surface area contributed by atoms with E-state index >= 15 is 0 Å². The van der Waals surface area contributed by atoms with Gasteiger partial charge in [0.1, 0.15) is 4.34 Å². The summed E-state index contributed by atoms with van der Waals surface area (Å²) in [6, 6.07) is 3.56. The maximum Gasteiger partial charge on any atom is 0.174 e. The van der Waals surface area contributed by atoms with Gasteiger partial charge in [0.05, 0.1) is 12.3 Å². The van der Waals surface area contributed by atoms with E-state index in [2.05, 4.69) is 31.9 Å². The van der Waals surface area contributed by atoms with Crippen LogP contribution in [-0.4, -0.2) is 0 Å². The molecule has 0 aliphatic heterocycles. The highest BCUT2D eigenvalue weighted by atomic mass is 79.9. The van der Waals surface area contributed by atoms with Crippen LogP contribution in [0.15, 0.2) is 32.0 Å². The predicted octanol–water partition coefficient (Wildman–Crippen LogP) is 4.57. The van der Waals surface area contributed by atoms with Crippen molar-refractivity contribution in [3.05, 3.63) is 42.3 Å². The SMILES string of the molecule is NC(c1cc(Br)c(Cl)s1)c1ccoc1Br. The lowest BCUT2D eigenvalue weighted by atomic mass is 10.1. The van der Waals surface area contributed by atoms with Gasteiger partial charge in [-0.1, -0.05) is 11.6 Å². The van der Waals surface area contributed by atoms with Gasteiger partial charge in [-0.15, -0.1) is 11.3 Å². The van der Waals surface area contributed by atoms with Crippen molar-refractivity contribution >= 4 is 54.8 Å². The van der Waals surface area contributed by atoms with Crippen molar-refractivity contribution in [1.82, 2.24) is 0 Å². The van der Waals surface area contributed by atoms with E-state index in [-0.39, 0.29) is 6.04 Å². The molecule has 0 fully saturated rings. The van der Waals surface area contributed by atoms with Gasteiger partial charge in [0.2, 0.25) is 0 Å². The largest absolute Gasteiger partial charge is 0.457 e. The molecule has 1 unspecified atom stereocenters. The molecule has 2 heterocycles. The van der Waals surface area contributed by atoms with Crippen LogP contribution in [0.4, 0.5) is 0 Å². The molecule has 0 spiro atoms. The summed E-state index contributed by atoms with van der Waals surface area (Å²) in [4.78, 5) is 0.994. The van der Waals surface area contributed by atoms with Crippen molar-refractivity contribution in [3.63, 3.8) is 0 Å². The lowest BCUT2D eigenvalue weighted by Gasteiger charge is -2.06. The van der Waals surface area contributed by atoms with Crippen molar-refractivity contribution in [2.75, 3.05) is 0 Å². The summed E-state index contributed by atoms with van der Waals surface area (Å²) in [6.07, 6.45) is 1.60. The Morgan fingerprint density at radius 3 is 2.67 bits per heavy atom. The number of furan rings is 1. The standard InChI is InChI=1S/C9H6Br2ClNOS/c10-5-3-6(15-9(5)12)7(13)4-1-2-14-8(4)11/h1-3,7H,13H2. The molecule has 2 aromatic rings. The Kier molecular flexibility index (Phi) is 3.57. The van der Waals surface area contributed by atoms with E-state index in [0.717, 1.165) is 14.9 Å². The van der Waals surface area contributed by atoms with Gasteiger partial charge in [-0.3, -0.25) is 0 Å². The number of thiophene rings is 1. The van der Waals surface area contributed by atoms with Crippen molar-refractivity contribution in [1.29, 1.82) is 0 Å². The van der Waals surface area contributed by atoms with Gasteiger partial charge in [-0.05, 0) is 44.0 Å². The van der Waals surface area contributed by atoms with Gasteiger partial charge in [-0.2, -0.15) is 0 Å².